The van der Waals surface area contributed by atoms with Crippen molar-refractivity contribution >= 4 is 0 Å². The summed E-state index contributed by atoms with van der Waals surface area (Å²) in [6.07, 6.45) is 0. The van der Waals surface area contributed by atoms with E-state index in [1.165, 1.54) is 0 Å². The Bertz CT molecular complexity index is 181. The van der Waals surface area contributed by atoms with Crippen LogP contribution in [0, 0.1) is 114 Å². The average molecular weight is 543 g/mol. The summed E-state index contributed by atoms with van der Waals surface area (Å²) in [5.41, 5.74) is 0. The van der Waals surface area contributed by atoms with Crippen LogP contribution >= 0.6 is 0 Å². The zero-order valence-corrected chi connectivity index (χ0v) is 22.4. The predicted octanol–water partition coefficient (Wildman–Crippen LogP) is 7.26. The van der Waals surface area contributed by atoms with Gasteiger partial charge in [-0.1, -0.05) is 69.2 Å². The number of hydrogen-bond donors (Lipinski definition) is 0. The molecule has 0 aromatic carbocycles. The molecule has 0 spiro atoms. The van der Waals surface area contributed by atoms with Crippen molar-refractivity contribution in [1.82, 2.24) is 0 Å². The first kappa shape index (κ1) is 29.1. The molecule has 0 unspecified atom stereocenters. The van der Waals surface area contributed by atoms with Crippen LogP contribution in [0.4, 0.5) is 0 Å². The molecule has 2 fully saturated rings. The van der Waals surface area contributed by atoms with Gasteiger partial charge in [-0.05, 0) is 59.2 Å². The quantitative estimate of drug-likeness (QED) is 0.283. The molecule has 0 atom stereocenters. The van der Waals surface area contributed by atoms with Crippen LogP contribution in [0.1, 0.15) is 69.2 Å². The molecule has 0 aromatic heterocycles. The molecule has 136 valence electrons. The molecule has 0 radical (unpaired) electrons. The molecule has 2 aliphatic carbocycles. The predicted molar refractivity (Wildman–Crippen MR) is 104 cm³/mol. The van der Waals surface area contributed by atoms with Crippen molar-refractivity contribution in [2.24, 2.45) is 59.2 Å². The van der Waals surface area contributed by atoms with E-state index in [4.69, 9.17) is 0 Å². The SMILES string of the molecule is CC1C(C)C(C)C(C)C1C.CC1C(C)C(C)C(C)C1C.[CH3-].[CH3-].[Th+4]. The maximum atomic E-state index is 2.40. The second-order valence-electron chi connectivity index (χ2n) is 8.59. The van der Waals surface area contributed by atoms with E-state index in [-0.39, 0.29) is 54.8 Å². The molecule has 0 N–H and O–H groups in total. The van der Waals surface area contributed by atoms with Crippen LogP contribution in [0.15, 0.2) is 0 Å². The molecular formula is C22H46Th+2. The van der Waals surface area contributed by atoms with Gasteiger partial charge in [0.15, 0.2) is 0 Å². The van der Waals surface area contributed by atoms with Gasteiger partial charge in [0.05, 0.1) is 0 Å². The molecule has 2 rings (SSSR count). The Balaban J connectivity index is -0.000000308. The zero-order valence-electron chi connectivity index (χ0n) is 18.3. The molecule has 0 aromatic rings. The second kappa shape index (κ2) is 11.8. The van der Waals surface area contributed by atoms with Gasteiger partial charge in [0.25, 0.3) is 0 Å². The van der Waals surface area contributed by atoms with E-state index in [2.05, 4.69) is 69.2 Å². The molecule has 0 amide bonds. The minimum absolute atomic E-state index is 0. The Labute approximate surface area is 182 Å². The minimum Gasteiger partial charge on any atom is -0.358 e. The topological polar surface area (TPSA) is 0 Å². The van der Waals surface area contributed by atoms with Gasteiger partial charge in [0.1, 0.15) is 0 Å². The van der Waals surface area contributed by atoms with Gasteiger partial charge in [-0.25, -0.2) is 0 Å². The van der Waals surface area contributed by atoms with E-state index in [1.807, 2.05) is 0 Å². The van der Waals surface area contributed by atoms with E-state index in [1.54, 1.807) is 0 Å². The third-order valence-corrected chi connectivity index (χ3v) is 8.29. The molecule has 0 nitrogen and oxygen atoms in total. The van der Waals surface area contributed by atoms with Crippen molar-refractivity contribution in [1.29, 1.82) is 0 Å². The fraction of sp³-hybridized carbons (Fsp3) is 0.909. The molecule has 0 heterocycles. The first-order valence-electron chi connectivity index (χ1n) is 9.11. The maximum Gasteiger partial charge on any atom is 4.00 e. The summed E-state index contributed by atoms with van der Waals surface area (Å²) < 4.78 is 0. The van der Waals surface area contributed by atoms with Crippen molar-refractivity contribution in [2.75, 3.05) is 0 Å². The van der Waals surface area contributed by atoms with Gasteiger partial charge in [-0.3, -0.25) is 0 Å². The Kier molecular flexibility index (Phi) is 15.0. The number of hydrogen-bond acceptors (Lipinski definition) is 0. The van der Waals surface area contributed by atoms with Gasteiger partial charge in [-0.2, -0.15) is 0 Å². The van der Waals surface area contributed by atoms with Crippen LogP contribution in [0.25, 0.3) is 0 Å². The van der Waals surface area contributed by atoms with Gasteiger partial charge in [-0.15, -0.1) is 0 Å². The standard InChI is InChI=1S/2C10H20.2CH3.Th/c2*1-6-7(2)9(4)10(5)8(6)3;;;/h2*6-10H,1-5H3;2*1H3;/q;;2*-1;+4. The maximum absolute atomic E-state index is 2.40. The van der Waals surface area contributed by atoms with Crippen LogP contribution in [-0.4, -0.2) is 0 Å². The monoisotopic (exact) mass is 542 g/mol. The summed E-state index contributed by atoms with van der Waals surface area (Å²) in [7, 11) is 0. The molecule has 0 aliphatic heterocycles. The summed E-state index contributed by atoms with van der Waals surface area (Å²) >= 11 is 0. The summed E-state index contributed by atoms with van der Waals surface area (Å²) in [5, 5.41) is 0. The summed E-state index contributed by atoms with van der Waals surface area (Å²) in [4.78, 5) is 0. The Morgan fingerprint density at radius 1 is 0.261 bits per heavy atom. The third-order valence-electron chi connectivity index (χ3n) is 8.29. The van der Waals surface area contributed by atoms with Crippen molar-refractivity contribution in [3.05, 3.63) is 14.9 Å². The van der Waals surface area contributed by atoms with Crippen molar-refractivity contribution < 1.29 is 39.9 Å². The first-order chi connectivity index (χ1) is 9.11. The molecule has 0 bridgehead atoms. The van der Waals surface area contributed by atoms with Gasteiger partial charge >= 0.3 is 39.9 Å². The normalized spacial score (nSPS) is 48.3. The molecular weight excluding hydrogens is 496 g/mol. The summed E-state index contributed by atoms with van der Waals surface area (Å²) in [5.74, 6) is 9.35. The van der Waals surface area contributed by atoms with Gasteiger partial charge in [0.2, 0.25) is 0 Å². The second-order valence-corrected chi connectivity index (χ2v) is 8.59. The Morgan fingerprint density at radius 3 is 0.348 bits per heavy atom. The Hall–Kier alpha value is 1.32. The minimum atomic E-state index is 0. The van der Waals surface area contributed by atoms with E-state index in [0.717, 1.165) is 59.2 Å². The summed E-state index contributed by atoms with van der Waals surface area (Å²) in [6.45, 7) is 24.0. The van der Waals surface area contributed by atoms with E-state index in [0.29, 0.717) is 0 Å². The molecule has 1 heteroatoms. The molecule has 2 saturated carbocycles. The average Bonchev–Trinajstić information content (AvgIpc) is 2.71. The first-order valence-corrected chi connectivity index (χ1v) is 9.11. The molecule has 2 aliphatic rings. The van der Waals surface area contributed by atoms with E-state index >= 15 is 0 Å². The van der Waals surface area contributed by atoms with Gasteiger partial charge < -0.3 is 14.9 Å². The smallest absolute Gasteiger partial charge is 0.358 e. The fourth-order valence-corrected chi connectivity index (χ4v) is 4.79. The molecule has 0 saturated heterocycles. The zero-order chi connectivity index (χ0) is 15.8. The third kappa shape index (κ3) is 6.21. The fourth-order valence-electron chi connectivity index (χ4n) is 4.79. The van der Waals surface area contributed by atoms with Crippen molar-refractivity contribution in [3.8, 4) is 0 Å². The Morgan fingerprint density at radius 2 is 0.304 bits per heavy atom. The largest absolute Gasteiger partial charge is 4.00 e. The van der Waals surface area contributed by atoms with Crippen LogP contribution in [0.2, 0.25) is 0 Å². The van der Waals surface area contributed by atoms with Crippen LogP contribution < -0.4 is 0 Å². The van der Waals surface area contributed by atoms with Crippen molar-refractivity contribution in [3.63, 3.8) is 0 Å². The molecule has 23 heavy (non-hydrogen) atoms. The summed E-state index contributed by atoms with van der Waals surface area (Å²) in [6, 6.07) is 0. The van der Waals surface area contributed by atoms with Crippen LogP contribution in [0.3, 0.4) is 0 Å². The van der Waals surface area contributed by atoms with E-state index < -0.39 is 0 Å². The van der Waals surface area contributed by atoms with E-state index in [9.17, 15) is 0 Å². The van der Waals surface area contributed by atoms with Crippen LogP contribution in [0.5, 0.6) is 0 Å². The number of rotatable bonds is 0. The van der Waals surface area contributed by atoms with Crippen LogP contribution in [-0.2, 0) is 0 Å². The van der Waals surface area contributed by atoms with Gasteiger partial charge in [0, 0.05) is 0 Å². The van der Waals surface area contributed by atoms with Crippen molar-refractivity contribution in [2.45, 2.75) is 69.2 Å².